The zero-order valence-electron chi connectivity index (χ0n) is 14.5. The van der Waals surface area contributed by atoms with Crippen LogP contribution in [-0.2, 0) is 9.59 Å². The van der Waals surface area contributed by atoms with Gasteiger partial charge >= 0.3 is 6.03 Å². The average Bonchev–Trinajstić information content (AvgIpc) is 2.64. The third-order valence-corrected chi connectivity index (χ3v) is 4.86. The Morgan fingerprint density at radius 3 is 2.39 bits per heavy atom. The minimum absolute atomic E-state index is 0.128. The summed E-state index contributed by atoms with van der Waals surface area (Å²) < 4.78 is 5.35. The Labute approximate surface area is 175 Å². The van der Waals surface area contributed by atoms with Crippen LogP contribution in [0.5, 0.6) is 5.75 Å². The second-order valence-electron chi connectivity index (χ2n) is 5.68. The van der Waals surface area contributed by atoms with Gasteiger partial charge in [0.1, 0.15) is 11.3 Å². The third kappa shape index (κ3) is 3.99. The van der Waals surface area contributed by atoms with Crippen LogP contribution < -0.4 is 15.0 Å². The average molecular weight is 440 g/mol. The Hall–Kier alpha value is -2.54. The lowest BCUT2D eigenvalue weighted by Gasteiger charge is -2.26. The number of amides is 4. The monoisotopic (exact) mass is 438 g/mol. The van der Waals surface area contributed by atoms with E-state index in [0.717, 1.165) is 4.90 Å². The van der Waals surface area contributed by atoms with Gasteiger partial charge in [-0.25, -0.2) is 9.69 Å². The van der Waals surface area contributed by atoms with E-state index in [-0.39, 0.29) is 31.9 Å². The molecule has 3 rings (SSSR count). The van der Waals surface area contributed by atoms with Crippen LogP contribution in [0.4, 0.5) is 10.5 Å². The van der Waals surface area contributed by atoms with Crippen LogP contribution in [-0.4, -0.2) is 24.5 Å². The van der Waals surface area contributed by atoms with Gasteiger partial charge in [-0.15, -0.1) is 0 Å². The molecule has 0 saturated carbocycles. The van der Waals surface area contributed by atoms with Crippen molar-refractivity contribution in [3.8, 4) is 5.75 Å². The van der Waals surface area contributed by atoms with Crippen molar-refractivity contribution in [3.05, 3.63) is 62.6 Å². The largest absolute Gasteiger partial charge is 0.494 e. The Morgan fingerprint density at radius 2 is 1.75 bits per heavy atom. The minimum Gasteiger partial charge on any atom is -0.494 e. The number of nitrogens with one attached hydrogen (secondary N) is 1. The molecule has 6 nitrogen and oxygen atoms in total. The first-order valence-electron chi connectivity index (χ1n) is 8.10. The van der Waals surface area contributed by atoms with Gasteiger partial charge in [-0.3, -0.25) is 14.9 Å². The first kappa shape index (κ1) is 20.2. The van der Waals surface area contributed by atoms with E-state index in [9.17, 15) is 14.4 Å². The predicted molar refractivity (Wildman–Crippen MR) is 108 cm³/mol. The second-order valence-corrected chi connectivity index (χ2v) is 6.90. The number of benzene rings is 2. The number of carbonyl (C=O) groups is 3. The van der Waals surface area contributed by atoms with E-state index < -0.39 is 17.8 Å². The molecule has 2 aromatic carbocycles. The fourth-order valence-corrected chi connectivity index (χ4v) is 3.26. The molecule has 9 heteroatoms. The molecule has 0 bridgehead atoms. The zero-order valence-corrected chi connectivity index (χ0v) is 16.7. The molecule has 0 spiro atoms. The maximum atomic E-state index is 12.9. The van der Waals surface area contributed by atoms with Crippen LogP contribution in [0.1, 0.15) is 12.5 Å². The van der Waals surface area contributed by atoms with Crippen LogP contribution >= 0.6 is 34.8 Å². The predicted octanol–water partition coefficient (Wildman–Crippen LogP) is 4.71. The molecule has 2 aromatic rings. The molecular formula is C19H13Cl3N2O4. The van der Waals surface area contributed by atoms with Crippen LogP contribution in [0.3, 0.4) is 0 Å². The number of rotatable bonds is 4. The van der Waals surface area contributed by atoms with Crippen molar-refractivity contribution in [2.24, 2.45) is 0 Å². The van der Waals surface area contributed by atoms with Crippen molar-refractivity contribution in [1.29, 1.82) is 0 Å². The molecule has 0 aromatic heterocycles. The highest BCUT2D eigenvalue weighted by Crippen LogP contribution is 2.32. The van der Waals surface area contributed by atoms with E-state index in [2.05, 4.69) is 5.32 Å². The fourth-order valence-electron chi connectivity index (χ4n) is 2.59. The molecule has 1 aliphatic heterocycles. The van der Waals surface area contributed by atoms with Crippen LogP contribution in [0.25, 0.3) is 6.08 Å². The Bertz CT molecular complexity index is 1000. The number of nitrogens with zero attached hydrogens (tertiary/aromatic N) is 1. The molecule has 144 valence electrons. The van der Waals surface area contributed by atoms with Crippen molar-refractivity contribution >= 4 is 64.4 Å². The van der Waals surface area contributed by atoms with Crippen LogP contribution in [0.2, 0.25) is 15.1 Å². The number of carbonyl (C=O) groups excluding carboxylic acids is 3. The van der Waals surface area contributed by atoms with Gasteiger partial charge in [-0.05, 0) is 55.0 Å². The molecule has 4 amide bonds. The molecule has 1 saturated heterocycles. The SMILES string of the molecule is CCOc1ccc(N2C(=O)NC(=O)/C(=C/c3cc(Cl)cc(Cl)c3Cl)C2=O)cc1. The maximum Gasteiger partial charge on any atom is 0.335 e. The van der Waals surface area contributed by atoms with Crippen molar-refractivity contribution in [2.75, 3.05) is 11.5 Å². The van der Waals surface area contributed by atoms with E-state index in [1.807, 2.05) is 6.92 Å². The first-order valence-corrected chi connectivity index (χ1v) is 9.24. The van der Waals surface area contributed by atoms with Crippen molar-refractivity contribution in [1.82, 2.24) is 5.32 Å². The molecule has 1 N–H and O–H groups in total. The molecule has 0 radical (unpaired) electrons. The first-order chi connectivity index (χ1) is 13.3. The van der Waals surface area contributed by atoms with Gasteiger partial charge < -0.3 is 4.74 Å². The summed E-state index contributed by atoms with van der Waals surface area (Å²) in [7, 11) is 0. The molecule has 0 atom stereocenters. The molecule has 1 aliphatic rings. The second kappa shape index (κ2) is 8.22. The number of barbiturate groups is 1. The van der Waals surface area contributed by atoms with Gasteiger partial charge in [-0.2, -0.15) is 0 Å². The number of halogens is 3. The van der Waals surface area contributed by atoms with E-state index in [0.29, 0.717) is 12.4 Å². The zero-order chi connectivity index (χ0) is 20.4. The van der Waals surface area contributed by atoms with E-state index in [4.69, 9.17) is 39.5 Å². The third-order valence-electron chi connectivity index (χ3n) is 3.83. The van der Waals surface area contributed by atoms with Crippen LogP contribution in [0, 0.1) is 0 Å². The van der Waals surface area contributed by atoms with Gasteiger partial charge in [0.25, 0.3) is 11.8 Å². The Kier molecular flexibility index (Phi) is 5.93. The lowest BCUT2D eigenvalue weighted by atomic mass is 10.1. The number of hydrogen-bond donors (Lipinski definition) is 1. The molecule has 0 aliphatic carbocycles. The summed E-state index contributed by atoms with van der Waals surface area (Å²) in [5.41, 5.74) is 0.270. The lowest BCUT2D eigenvalue weighted by Crippen LogP contribution is -2.54. The molecule has 0 unspecified atom stereocenters. The summed E-state index contributed by atoms with van der Waals surface area (Å²) >= 11 is 18.1. The normalized spacial score (nSPS) is 15.8. The summed E-state index contributed by atoms with van der Waals surface area (Å²) in [5, 5.41) is 2.72. The maximum absolute atomic E-state index is 12.9. The summed E-state index contributed by atoms with van der Waals surface area (Å²) in [6.45, 7) is 2.32. The Morgan fingerprint density at radius 1 is 1.07 bits per heavy atom. The van der Waals surface area contributed by atoms with Crippen molar-refractivity contribution < 1.29 is 19.1 Å². The van der Waals surface area contributed by atoms with Gasteiger partial charge in [0.15, 0.2) is 0 Å². The number of hydrogen-bond acceptors (Lipinski definition) is 4. The molecule has 1 fully saturated rings. The van der Waals surface area contributed by atoms with E-state index in [1.54, 1.807) is 24.3 Å². The topological polar surface area (TPSA) is 75.7 Å². The number of anilines is 1. The number of urea groups is 1. The van der Waals surface area contributed by atoms with Gasteiger partial charge in [0.05, 0.1) is 22.3 Å². The quantitative estimate of drug-likeness (QED) is 0.425. The van der Waals surface area contributed by atoms with E-state index in [1.165, 1.54) is 18.2 Å². The highest BCUT2D eigenvalue weighted by atomic mass is 35.5. The fraction of sp³-hybridized carbons (Fsp3) is 0.105. The highest BCUT2D eigenvalue weighted by molar-refractivity contribution is 6.45. The number of ether oxygens (including phenoxy) is 1. The van der Waals surface area contributed by atoms with Crippen molar-refractivity contribution in [2.45, 2.75) is 6.92 Å². The summed E-state index contributed by atoms with van der Waals surface area (Å²) in [6, 6.07) is 8.36. The van der Waals surface area contributed by atoms with E-state index >= 15 is 0 Å². The molecular weight excluding hydrogens is 427 g/mol. The Balaban J connectivity index is 2.01. The highest BCUT2D eigenvalue weighted by Gasteiger charge is 2.37. The van der Waals surface area contributed by atoms with Crippen molar-refractivity contribution in [3.63, 3.8) is 0 Å². The molecule has 28 heavy (non-hydrogen) atoms. The van der Waals surface area contributed by atoms with Gasteiger partial charge in [-0.1, -0.05) is 34.8 Å². The minimum atomic E-state index is -0.855. The van der Waals surface area contributed by atoms with Gasteiger partial charge in [0, 0.05) is 5.02 Å². The standard InChI is InChI=1S/C19H13Cl3N2O4/c1-2-28-13-5-3-12(4-6-13)24-18(26)14(17(25)23-19(24)27)8-10-7-11(20)9-15(21)16(10)22/h3-9H,2H2,1H3,(H,23,25,27)/b14-8-. The van der Waals surface area contributed by atoms with Crippen LogP contribution in [0.15, 0.2) is 42.0 Å². The smallest absolute Gasteiger partial charge is 0.335 e. The number of imide groups is 2. The lowest BCUT2D eigenvalue weighted by molar-refractivity contribution is -0.122. The molecule has 1 heterocycles. The summed E-state index contributed by atoms with van der Waals surface area (Å²) in [6.07, 6.45) is 1.24. The van der Waals surface area contributed by atoms with Gasteiger partial charge in [0.2, 0.25) is 0 Å². The summed E-state index contributed by atoms with van der Waals surface area (Å²) in [5.74, 6) is -1.06. The summed E-state index contributed by atoms with van der Waals surface area (Å²) in [4.78, 5) is 38.2.